The van der Waals surface area contributed by atoms with Gasteiger partial charge in [-0.2, -0.15) is 8.75 Å². The summed E-state index contributed by atoms with van der Waals surface area (Å²) in [5.41, 5.74) is 0.919. The fraction of sp³-hybridized carbons (Fsp3) is 0.400. The summed E-state index contributed by atoms with van der Waals surface area (Å²) in [5.74, 6) is 0. The average Bonchev–Trinajstić information content (AvgIpc) is 2.83. The Morgan fingerprint density at radius 3 is 2.89 bits per heavy atom. The predicted molar refractivity (Wildman–Crippen MR) is 68.9 cm³/mol. The summed E-state index contributed by atoms with van der Waals surface area (Å²) in [7, 11) is -3.69. The van der Waals surface area contributed by atoms with Gasteiger partial charge in [-0.05, 0) is 18.6 Å². The number of aromatic nitrogens is 2. The topological polar surface area (TPSA) is 92.2 Å². The van der Waals surface area contributed by atoms with Gasteiger partial charge >= 0.3 is 0 Å². The Morgan fingerprint density at radius 2 is 2.22 bits per heavy atom. The lowest BCUT2D eigenvalue weighted by atomic mass is 10.3. The largest absolute Gasteiger partial charge is 0.395 e. The van der Waals surface area contributed by atoms with E-state index in [1.54, 1.807) is 19.1 Å². The van der Waals surface area contributed by atoms with Gasteiger partial charge in [0.05, 0.1) is 18.3 Å². The molecule has 0 amide bonds. The number of nitrogens with zero attached hydrogens (tertiary/aromatic N) is 2. The molecule has 98 valence electrons. The fourth-order valence-corrected chi connectivity index (χ4v) is 3.61. The smallest absolute Gasteiger partial charge is 0.243 e. The number of hydrogen-bond acceptors (Lipinski definition) is 6. The average molecular weight is 287 g/mol. The summed E-state index contributed by atoms with van der Waals surface area (Å²) in [6.45, 7) is 1.56. The molecule has 0 bridgehead atoms. The van der Waals surface area contributed by atoms with E-state index in [9.17, 15) is 8.42 Å². The Bertz CT molecular complexity index is 635. The Labute approximate surface area is 109 Å². The van der Waals surface area contributed by atoms with Crippen molar-refractivity contribution in [1.29, 1.82) is 0 Å². The summed E-state index contributed by atoms with van der Waals surface area (Å²) >= 11 is 0.972. The molecule has 0 saturated heterocycles. The van der Waals surface area contributed by atoms with E-state index < -0.39 is 16.1 Å². The van der Waals surface area contributed by atoms with Crippen molar-refractivity contribution in [3.05, 3.63) is 18.2 Å². The number of sulfonamides is 1. The van der Waals surface area contributed by atoms with Crippen molar-refractivity contribution >= 4 is 32.8 Å². The van der Waals surface area contributed by atoms with E-state index in [1.165, 1.54) is 6.07 Å². The Hall–Kier alpha value is -1.09. The summed E-state index contributed by atoms with van der Waals surface area (Å²) in [6.07, 6.45) is 0.515. The van der Waals surface area contributed by atoms with Gasteiger partial charge in [-0.15, -0.1) is 0 Å². The van der Waals surface area contributed by atoms with E-state index in [0.29, 0.717) is 17.5 Å². The van der Waals surface area contributed by atoms with Gasteiger partial charge in [0.1, 0.15) is 15.9 Å². The molecule has 0 aliphatic rings. The number of aliphatic hydroxyl groups excluding tert-OH is 1. The van der Waals surface area contributed by atoms with Gasteiger partial charge in [0.25, 0.3) is 0 Å². The van der Waals surface area contributed by atoms with Crippen LogP contribution in [0.5, 0.6) is 0 Å². The maximum Gasteiger partial charge on any atom is 0.243 e. The molecule has 1 atom stereocenters. The SMILES string of the molecule is CCC(CO)NS(=O)(=O)c1cccc2nsnc12. The second kappa shape index (κ2) is 5.27. The van der Waals surface area contributed by atoms with Crippen molar-refractivity contribution in [2.75, 3.05) is 6.61 Å². The molecule has 8 heteroatoms. The van der Waals surface area contributed by atoms with Gasteiger partial charge in [0.2, 0.25) is 10.0 Å². The van der Waals surface area contributed by atoms with Crippen LogP contribution >= 0.6 is 11.7 Å². The van der Waals surface area contributed by atoms with E-state index in [2.05, 4.69) is 13.5 Å². The van der Waals surface area contributed by atoms with Crippen LogP contribution in [0, 0.1) is 0 Å². The lowest BCUT2D eigenvalue weighted by Crippen LogP contribution is -2.36. The lowest BCUT2D eigenvalue weighted by molar-refractivity contribution is 0.254. The summed E-state index contributed by atoms with van der Waals surface area (Å²) in [4.78, 5) is 0.0978. The number of aliphatic hydroxyl groups is 1. The quantitative estimate of drug-likeness (QED) is 0.846. The molecule has 6 nitrogen and oxygen atoms in total. The molecule has 0 aliphatic carbocycles. The minimum absolute atomic E-state index is 0.0978. The first-order valence-electron chi connectivity index (χ1n) is 5.43. The zero-order chi connectivity index (χ0) is 13.2. The van der Waals surface area contributed by atoms with Crippen LogP contribution in [0.2, 0.25) is 0 Å². The molecule has 1 aromatic carbocycles. The van der Waals surface area contributed by atoms with Gasteiger partial charge in [0, 0.05) is 6.04 Å². The molecule has 18 heavy (non-hydrogen) atoms. The summed E-state index contributed by atoms with van der Waals surface area (Å²) < 4.78 is 34.8. The minimum atomic E-state index is -3.69. The Balaban J connectivity index is 2.43. The number of hydrogen-bond donors (Lipinski definition) is 2. The first-order chi connectivity index (χ1) is 8.58. The molecule has 1 unspecified atom stereocenters. The standard InChI is InChI=1S/C10H13N3O3S2/c1-2-7(6-14)13-18(15,16)9-5-3-4-8-10(9)12-17-11-8/h3-5,7,13-14H,2,6H2,1H3. The van der Waals surface area contributed by atoms with Crippen LogP contribution in [0.15, 0.2) is 23.1 Å². The van der Waals surface area contributed by atoms with Gasteiger partial charge < -0.3 is 5.11 Å². The van der Waals surface area contributed by atoms with Crippen LogP contribution in [0.4, 0.5) is 0 Å². The third-order valence-corrected chi connectivity index (χ3v) is 4.67. The molecular weight excluding hydrogens is 274 g/mol. The highest BCUT2D eigenvalue weighted by atomic mass is 32.2. The third kappa shape index (κ3) is 2.51. The third-order valence-electron chi connectivity index (χ3n) is 2.57. The van der Waals surface area contributed by atoms with E-state index in [1.807, 2.05) is 0 Å². The second-order valence-corrected chi connectivity index (χ2v) is 6.01. The molecule has 0 spiro atoms. The molecular formula is C10H13N3O3S2. The highest BCUT2D eigenvalue weighted by Crippen LogP contribution is 2.21. The predicted octanol–water partition coefficient (Wildman–Crippen LogP) is 0.740. The highest BCUT2D eigenvalue weighted by Gasteiger charge is 2.22. The normalized spacial score (nSPS) is 13.9. The van der Waals surface area contributed by atoms with Crippen LogP contribution < -0.4 is 4.72 Å². The highest BCUT2D eigenvalue weighted by molar-refractivity contribution is 7.89. The molecule has 0 radical (unpaired) electrons. The molecule has 0 fully saturated rings. The van der Waals surface area contributed by atoms with Crippen LogP contribution in [-0.4, -0.2) is 34.9 Å². The molecule has 1 heterocycles. The van der Waals surface area contributed by atoms with Crippen molar-refractivity contribution in [3.8, 4) is 0 Å². The maximum absolute atomic E-state index is 12.2. The lowest BCUT2D eigenvalue weighted by Gasteiger charge is -2.14. The number of fused-ring (bicyclic) bond motifs is 1. The van der Waals surface area contributed by atoms with E-state index in [-0.39, 0.29) is 11.5 Å². The fourth-order valence-electron chi connectivity index (χ4n) is 1.53. The van der Waals surface area contributed by atoms with Crippen molar-refractivity contribution in [2.45, 2.75) is 24.3 Å². The summed E-state index contributed by atoms with van der Waals surface area (Å²) in [6, 6.07) is 4.33. The first-order valence-corrected chi connectivity index (χ1v) is 7.64. The van der Waals surface area contributed by atoms with E-state index in [0.717, 1.165) is 11.7 Å². The number of rotatable bonds is 5. The van der Waals surface area contributed by atoms with Crippen LogP contribution in [-0.2, 0) is 10.0 Å². The van der Waals surface area contributed by atoms with Crippen molar-refractivity contribution in [2.24, 2.45) is 0 Å². The van der Waals surface area contributed by atoms with Crippen molar-refractivity contribution < 1.29 is 13.5 Å². The Kier molecular flexibility index (Phi) is 3.91. The minimum Gasteiger partial charge on any atom is -0.395 e. The Morgan fingerprint density at radius 1 is 1.44 bits per heavy atom. The van der Waals surface area contributed by atoms with Gasteiger partial charge in [-0.3, -0.25) is 0 Å². The van der Waals surface area contributed by atoms with Gasteiger partial charge in [0.15, 0.2) is 0 Å². The molecule has 2 aromatic rings. The van der Waals surface area contributed by atoms with Crippen LogP contribution in [0.3, 0.4) is 0 Å². The molecule has 0 aliphatic heterocycles. The van der Waals surface area contributed by atoms with Gasteiger partial charge in [-0.25, -0.2) is 13.1 Å². The monoisotopic (exact) mass is 287 g/mol. The first kappa shape index (κ1) is 13.3. The van der Waals surface area contributed by atoms with Crippen LogP contribution in [0.1, 0.15) is 13.3 Å². The van der Waals surface area contributed by atoms with Crippen LogP contribution in [0.25, 0.3) is 11.0 Å². The van der Waals surface area contributed by atoms with E-state index >= 15 is 0 Å². The molecule has 1 aromatic heterocycles. The molecule has 2 N–H and O–H groups in total. The van der Waals surface area contributed by atoms with Crippen molar-refractivity contribution in [3.63, 3.8) is 0 Å². The molecule has 2 rings (SSSR count). The zero-order valence-corrected chi connectivity index (χ0v) is 11.3. The summed E-state index contributed by atoms with van der Waals surface area (Å²) in [5, 5.41) is 9.06. The van der Waals surface area contributed by atoms with E-state index in [4.69, 9.17) is 5.11 Å². The number of nitrogens with one attached hydrogen (secondary N) is 1. The maximum atomic E-state index is 12.2. The number of benzene rings is 1. The molecule has 0 saturated carbocycles. The van der Waals surface area contributed by atoms with Gasteiger partial charge in [-0.1, -0.05) is 13.0 Å². The second-order valence-electron chi connectivity index (χ2n) is 3.80. The zero-order valence-electron chi connectivity index (χ0n) is 9.70. The van der Waals surface area contributed by atoms with Crippen molar-refractivity contribution in [1.82, 2.24) is 13.5 Å².